The minimum Gasteiger partial charge on any atom is -0.479 e. The molecular weight excluding hydrogens is 402 g/mol. The van der Waals surface area contributed by atoms with Gasteiger partial charge in [-0.1, -0.05) is 47.9 Å². The number of allylic oxidation sites excluding steroid dienone is 1. The Balaban J connectivity index is 0.00000161. The van der Waals surface area contributed by atoms with Crippen molar-refractivity contribution in [1.29, 1.82) is 0 Å². The Morgan fingerprint density at radius 2 is 1.78 bits per heavy atom. The Morgan fingerprint density at radius 3 is 2.34 bits per heavy atom. The highest BCUT2D eigenvalue weighted by Crippen LogP contribution is 2.15. The molecule has 5 nitrogen and oxygen atoms in total. The maximum atomic E-state index is 12.1. The summed E-state index contributed by atoms with van der Waals surface area (Å²) in [6.45, 7) is 13.1. The van der Waals surface area contributed by atoms with Gasteiger partial charge in [-0.2, -0.15) is 0 Å². The average molecular weight is 436 g/mol. The van der Waals surface area contributed by atoms with Gasteiger partial charge in [0, 0.05) is 24.4 Å². The molecule has 170 valence electrons. The summed E-state index contributed by atoms with van der Waals surface area (Å²) >= 11 is 0. The van der Waals surface area contributed by atoms with Crippen LogP contribution < -0.4 is 5.32 Å². The Hall–Kier alpha value is -3.36. The van der Waals surface area contributed by atoms with Crippen LogP contribution in [0.1, 0.15) is 48.6 Å². The van der Waals surface area contributed by atoms with Crippen molar-refractivity contribution in [1.82, 2.24) is 5.32 Å². The van der Waals surface area contributed by atoms with Crippen LogP contribution in [0.3, 0.4) is 0 Å². The smallest absolute Gasteiger partial charge is 0.333 e. The fourth-order valence-electron chi connectivity index (χ4n) is 2.76. The van der Waals surface area contributed by atoms with E-state index in [4.69, 9.17) is 4.74 Å². The van der Waals surface area contributed by atoms with Gasteiger partial charge in [0.1, 0.15) is 0 Å². The maximum Gasteiger partial charge on any atom is 0.333 e. The van der Waals surface area contributed by atoms with Gasteiger partial charge in [0.2, 0.25) is 0 Å². The van der Waals surface area contributed by atoms with E-state index in [1.807, 2.05) is 77.1 Å². The number of ether oxygens (including phenoxy) is 1. The molecule has 0 fully saturated rings. The van der Waals surface area contributed by atoms with Crippen LogP contribution in [0.25, 0.3) is 0 Å². The van der Waals surface area contributed by atoms with Crippen LogP contribution in [-0.2, 0) is 27.3 Å². The van der Waals surface area contributed by atoms with E-state index in [1.54, 1.807) is 6.08 Å². The molecule has 0 aliphatic heterocycles. The van der Waals surface area contributed by atoms with Gasteiger partial charge < -0.3 is 15.2 Å². The number of carbonyl (C=O) groups excluding carboxylic acids is 1. The zero-order chi connectivity index (χ0) is 24.1. The molecule has 0 spiro atoms. The van der Waals surface area contributed by atoms with Crippen molar-refractivity contribution < 1.29 is 19.4 Å². The average Bonchev–Trinajstić information content (AvgIpc) is 2.73. The highest BCUT2D eigenvalue weighted by molar-refractivity contribution is 5.94. The molecule has 1 amide bonds. The van der Waals surface area contributed by atoms with Crippen LogP contribution >= 0.6 is 0 Å². The molecule has 0 aliphatic rings. The van der Waals surface area contributed by atoms with E-state index in [0.29, 0.717) is 6.54 Å². The van der Waals surface area contributed by atoms with E-state index < -0.39 is 12.1 Å². The van der Waals surface area contributed by atoms with Crippen LogP contribution in [0, 0.1) is 25.7 Å². The summed E-state index contributed by atoms with van der Waals surface area (Å²) in [4.78, 5) is 23.5. The fraction of sp³-hybridized carbons (Fsp3) is 0.333. The molecule has 32 heavy (non-hydrogen) atoms. The fourth-order valence-corrected chi connectivity index (χ4v) is 2.76. The lowest BCUT2D eigenvalue weighted by Crippen LogP contribution is -2.29. The second kappa shape index (κ2) is 13.8. The van der Waals surface area contributed by atoms with E-state index in [9.17, 15) is 14.7 Å². The Labute approximate surface area is 191 Å². The lowest BCUT2D eigenvalue weighted by atomic mass is 10.0. The number of aryl methyl sites for hydroxylation is 2. The summed E-state index contributed by atoms with van der Waals surface area (Å²) in [6.07, 6.45) is 0.940. The van der Waals surface area contributed by atoms with Crippen LogP contribution in [0.15, 0.2) is 55.1 Å². The quantitative estimate of drug-likeness (QED) is 0.493. The molecular formula is C27H33NO4. The third kappa shape index (κ3) is 10.1. The summed E-state index contributed by atoms with van der Waals surface area (Å²) in [5.41, 5.74) is 4.70. The van der Waals surface area contributed by atoms with E-state index in [1.165, 1.54) is 0 Å². The van der Waals surface area contributed by atoms with E-state index in [2.05, 4.69) is 23.7 Å². The van der Waals surface area contributed by atoms with Gasteiger partial charge in [0.15, 0.2) is 6.10 Å². The van der Waals surface area contributed by atoms with Crippen molar-refractivity contribution in [2.45, 2.75) is 59.8 Å². The monoisotopic (exact) mass is 435 g/mol. The number of carbonyl (C=O) groups is 2. The molecule has 5 heteroatoms. The first kappa shape index (κ1) is 26.7. The number of benzene rings is 2. The second-order valence-corrected chi connectivity index (χ2v) is 7.68. The molecule has 0 radical (unpaired) electrons. The number of hydrogen-bond donors (Lipinski definition) is 2. The molecule has 2 aromatic rings. The zero-order valence-electron chi connectivity index (χ0n) is 19.6. The van der Waals surface area contributed by atoms with Gasteiger partial charge in [0.25, 0.3) is 5.91 Å². The molecule has 1 atom stereocenters. The molecule has 0 aliphatic carbocycles. The van der Waals surface area contributed by atoms with Crippen LogP contribution in [0.2, 0.25) is 0 Å². The molecule has 0 saturated carbocycles. The highest BCUT2D eigenvalue weighted by atomic mass is 16.5. The SMILES string of the molecule is C=CC.Cc1ccc(C#CC(=O)NCc2cc(CC(OC(C)C)C(=O)O)ccc2C)cc1. The van der Waals surface area contributed by atoms with E-state index >= 15 is 0 Å². The van der Waals surface area contributed by atoms with Crippen LogP contribution in [-0.4, -0.2) is 29.2 Å². The van der Waals surface area contributed by atoms with Crippen molar-refractivity contribution in [2.75, 3.05) is 0 Å². The standard InChI is InChI=1S/C24H27NO4.C3H6/c1-16(2)29-22(24(27)28)14-20-10-7-18(4)21(13-20)15-25-23(26)12-11-19-8-5-17(3)6-9-19;1-3-2/h5-10,13,16,22H,14-15H2,1-4H3,(H,25,26)(H,27,28);3H,1H2,2H3. The topological polar surface area (TPSA) is 75.6 Å². The number of amides is 1. The minimum atomic E-state index is -0.986. The molecule has 0 bridgehead atoms. The van der Waals surface area contributed by atoms with Crippen molar-refractivity contribution in [2.24, 2.45) is 0 Å². The first-order chi connectivity index (χ1) is 15.2. The summed E-state index contributed by atoms with van der Waals surface area (Å²) in [5.74, 6) is 4.10. The summed E-state index contributed by atoms with van der Waals surface area (Å²) in [6, 6.07) is 13.4. The zero-order valence-corrected chi connectivity index (χ0v) is 19.6. The third-order valence-corrected chi connectivity index (χ3v) is 4.36. The number of carboxylic acids is 1. The Bertz CT molecular complexity index is 965. The van der Waals surface area contributed by atoms with Crippen molar-refractivity contribution in [3.05, 3.63) is 82.9 Å². The van der Waals surface area contributed by atoms with Crippen molar-refractivity contribution >= 4 is 11.9 Å². The van der Waals surface area contributed by atoms with Crippen molar-refractivity contribution in [3.8, 4) is 11.8 Å². The number of aliphatic carboxylic acids is 1. The largest absolute Gasteiger partial charge is 0.479 e. The number of rotatable bonds is 7. The van der Waals surface area contributed by atoms with Gasteiger partial charge in [-0.25, -0.2) is 4.79 Å². The Morgan fingerprint density at radius 1 is 1.16 bits per heavy atom. The Kier molecular flexibility index (Phi) is 11.5. The van der Waals surface area contributed by atoms with Gasteiger partial charge in [0.05, 0.1) is 6.10 Å². The molecule has 2 rings (SSSR count). The molecule has 0 saturated heterocycles. The summed E-state index contributed by atoms with van der Waals surface area (Å²) in [7, 11) is 0. The van der Waals surface area contributed by atoms with Crippen LogP contribution in [0.5, 0.6) is 0 Å². The molecule has 0 heterocycles. The number of hydrogen-bond acceptors (Lipinski definition) is 3. The normalized spacial score (nSPS) is 10.8. The predicted molar refractivity (Wildman–Crippen MR) is 128 cm³/mol. The second-order valence-electron chi connectivity index (χ2n) is 7.68. The van der Waals surface area contributed by atoms with Gasteiger partial charge in [-0.3, -0.25) is 4.79 Å². The number of nitrogens with one attached hydrogen (secondary N) is 1. The summed E-state index contributed by atoms with van der Waals surface area (Å²) in [5, 5.41) is 12.2. The van der Waals surface area contributed by atoms with Crippen molar-refractivity contribution in [3.63, 3.8) is 0 Å². The maximum absolute atomic E-state index is 12.1. The third-order valence-electron chi connectivity index (χ3n) is 4.36. The van der Waals surface area contributed by atoms with Crippen LogP contribution in [0.4, 0.5) is 0 Å². The van der Waals surface area contributed by atoms with E-state index in [0.717, 1.165) is 27.8 Å². The molecule has 1 unspecified atom stereocenters. The molecule has 2 N–H and O–H groups in total. The number of carboxylic acid groups (broad SMARTS) is 1. The van der Waals surface area contributed by atoms with Gasteiger partial charge >= 0.3 is 5.97 Å². The summed E-state index contributed by atoms with van der Waals surface area (Å²) < 4.78 is 5.48. The highest BCUT2D eigenvalue weighted by Gasteiger charge is 2.20. The first-order valence-corrected chi connectivity index (χ1v) is 10.6. The molecule has 0 aromatic heterocycles. The lowest BCUT2D eigenvalue weighted by Gasteiger charge is -2.17. The van der Waals surface area contributed by atoms with E-state index in [-0.39, 0.29) is 18.4 Å². The molecule has 2 aromatic carbocycles. The van der Waals surface area contributed by atoms with Gasteiger partial charge in [-0.15, -0.1) is 6.58 Å². The lowest BCUT2D eigenvalue weighted by molar-refractivity contribution is -0.153. The first-order valence-electron chi connectivity index (χ1n) is 10.6. The predicted octanol–water partition coefficient (Wildman–Crippen LogP) is 4.58. The minimum absolute atomic E-state index is 0.174. The van der Waals surface area contributed by atoms with Gasteiger partial charge in [-0.05, 0) is 63.4 Å².